The molecule has 0 aliphatic heterocycles. The van der Waals surface area contributed by atoms with Gasteiger partial charge in [0.25, 0.3) is 5.69 Å². The second-order valence-corrected chi connectivity index (χ2v) is 4.76. The van der Waals surface area contributed by atoms with Crippen molar-refractivity contribution >= 4 is 16.6 Å². The van der Waals surface area contributed by atoms with Crippen molar-refractivity contribution in [3.63, 3.8) is 0 Å². The number of aromatic nitrogens is 1. The van der Waals surface area contributed by atoms with E-state index in [4.69, 9.17) is 0 Å². The molecule has 0 bridgehead atoms. The summed E-state index contributed by atoms with van der Waals surface area (Å²) in [7, 11) is 0. The van der Waals surface area contributed by atoms with Crippen LogP contribution in [0.25, 0.3) is 22.2 Å². The topological polar surface area (TPSA) is 58.9 Å². The Morgan fingerprint density at radius 2 is 1.73 bits per heavy atom. The number of H-pyrrole nitrogens is 1. The molecule has 0 radical (unpaired) electrons. The van der Waals surface area contributed by atoms with E-state index in [1.54, 1.807) is 30.3 Å². The minimum atomic E-state index is -4.64. The van der Waals surface area contributed by atoms with Crippen LogP contribution in [0.15, 0.2) is 48.5 Å². The van der Waals surface area contributed by atoms with Crippen LogP contribution in [0.5, 0.6) is 0 Å². The smallest absolute Gasteiger partial charge is 0.349 e. The number of alkyl halides is 3. The van der Waals surface area contributed by atoms with Gasteiger partial charge in [0, 0.05) is 17.1 Å². The Bertz CT molecular complexity index is 854. The van der Waals surface area contributed by atoms with E-state index in [1.807, 2.05) is 0 Å². The van der Waals surface area contributed by atoms with E-state index in [0.717, 1.165) is 11.6 Å². The first-order valence-electron chi connectivity index (χ1n) is 6.30. The maximum Gasteiger partial charge on any atom is 0.416 e. The number of nitro groups is 1. The first-order valence-corrected chi connectivity index (χ1v) is 6.30. The second kappa shape index (κ2) is 4.87. The highest BCUT2D eigenvalue weighted by molar-refractivity contribution is 5.93. The lowest BCUT2D eigenvalue weighted by molar-refractivity contribution is -0.383. The van der Waals surface area contributed by atoms with Crippen LogP contribution in [0.4, 0.5) is 18.9 Å². The van der Waals surface area contributed by atoms with Crippen molar-refractivity contribution in [2.45, 2.75) is 6.18 Å². The van der Waals surface area contributed by atoms with Crippen LogP contribution in [0.1, 0.15) is 5.56 Å². The average molecular weight is 306 g/mol. The molecule has 0 saturated heterocycles. The summed E-state index contributed by atoms with van der Waals surface area (Å²) in [6.45, 7) is 0. The number of nitro benzene ring substituents is 1. The van der Waals surface area contributed by atoms with Gasteiger partial charge in [0.15, 0.2) is 0 Å². The number of nitrogens with zero attached hydrogens (tertiary/aromatic N) is 1. The monoisotopic (exact) mass is 306 g/mol. The third-order valence-corrected chi connectivity index (χ3v) is 3.32. The summed E-state index contributed by atoms with van der Waals surface area (Å²) in [5, 5.41) is 11.2. The lowest BCUT2D eigenvalue weighted by Gasteiger charge is -2.06. The van der Waals surface area contributed by atoms with E-state index in [0.29, 0.717) is 11.8 Å². The fourth-order valence-corrected chi connectivity index (χ4v) is 2.31. The first kappa shape index (κ1) is 14.1. The minimum absolute atomic E-state index is 0.0804. The molecule has 0 spiro atoms. The summed E-state index contributed by atoms with van der Waals surface area (Å²) < 4.78 is 38.6. The molecular weight excluding hydrogens is 297 g/mol. The zero-order valence-electron chi connectivity index (χ0n) is 11.0. The molecule has 22 heavy (non-hydrogen) atoms. The number of hydrogen-bond donors (Lipinski definition) is 1. The molecule has 0 aliphatic carbocycles. The maximum absolute atomic E-state index is 12.9. The summed E-state index contributed by atoms with van der Waals surface area (Å²) in [5.74, 6) is 0. The summed E-state index contributed by atoms with van der Waals surface area (Å²) in [6, 6.07) is 11.8. The Labute approximate surface area is 122 Å². The van der Waals surface area contributed by atoms with E-state index in [9.17, 15) is 23.3 Å². The number of halogens is 3. The number of aromatic amines is 1. The lowest BCUT2D eigenvalue weighted by atomic mass is 10.1. The highest BCUT2D eigenvalue weighted by Gasteiger charge is 2.33. The quantitative estimate of drug-likeness (QED) is 0.548. The van der Waals surface area contributed by atoms with Crippen LogP contribution in [0.3, 0.4) is 0 Å². The van der Waals surface area contributed by atoms with Crippen LogP contribution in [-0.4, -0.2) is 9.91 Å². The number of nitrogens with one attached hydrogen (secondary N) is 1. The van der Waals surface area contributed by atoms with Gasteiger partial charge in [-0.2, -0.15) is 13.2 Å². The predicted molar refractivity (Wildman–Crippen MR) is 75.4 cm³/mol. The van der Waals surface area contributed by atoms with Crippen LogP contribution in [-0.2, 0) is 6.18 Å². The van der Waals surface area contributed by atoms with Crippen LogP contribution in [0, 0.1) is 10.1 Å². The summed E-state index contributed by atoms with van der Waals surface area (Å²) >= 11 is 0. The van der Waals surface area contributed by atoms with Crippen molar-refractivity contribution < 1.29 is 18.1 Å². The first-order chi connectivity index (χ1) is 10.4. The predicted octanol–water partition coefficient (Wildman–Crippen LogP) is 4.76. The molecule has 0 saturated carbocycles. The van der Waals surface area contributed by atoms with Crippen molar-refractivity contribution in [2.75, 3.05) is 0 Å². The molecule has 1 aromatic heterocycles. The molecule has 3 aromatic rings. The third kappa shape index (κ3) is 2.41. The molecule has 0 unspecified atom stereocenters. The molecule has 0 atom stereocenters. The van der Waals surface area contributed by atoms with Crippen LogP contribution < -0.4 is 0 Å². The molecular formula is C15H9F3N2O2. The second-order valence-electron chi connectivity index (χ2n) is 4.76. The van der Waals surface area contributed by atoms with Gasteiger partial charge in [-0.25, -0.2) is 0 Å². The Balaban J connectivity index is 2.27. The average Bonchev–Trinajstić information content (AvgIpc) is 2.89. The van der Waals surface area contributed by atoms with Crippen molar-refractivity contribution in [3.05, 3.63) is 64.2 Å². The molecule has 7 heteroatoms. The number of rotatable bonds is 2. The molecule has 0 fully saturated rings. The van der Waals surface area contributed by atoms with Crippen molar-refractivity contribution in [1.29, 1.82) is 0 Å². The molecule has 1 N–H and O–H groups in total. The summed E-state index contributed by atoms with van der Waals surface area (Å²) in [4.78, 5) is 13.1. The fourth-order valence-electron chi connectivity index (χ4n) is 2.31. The molecule has 112 valence electrons. The van der Waals surface area contributed by atoms with E-state index in [-0.39, 0.29) is 10.9 Å². The largest absolute Gasteiger partial charge is 0.416 e. The van der Waals surface area contributed by atoms with Gasteiger partial charge in [0.2, 0.25) is 0 Å². The zero-order chi connectivity index (χ0) is 15.9. The van der Waals surface area contributed by atoms with Gasteiger partial charge >= 0.3 is 6.18 Å². The highest BCUT2D eigenvalue weighted by atomic mass is 19.4. The Morgan fingerprint density at radius 3 is 2.32 bits per heavy atom. The third-order valence-electron chi connectivity index (χ3n) is 3.32. The Kier molecular flexibility index (Phi) is 3.13. The standard InChI is InChI=1S/C15H9F3N2O2/c16-15(17,18)11-6-10-7-12(9-4-2-1-3-5-9)19-14(10)13(8-11)20(21)22/h1-8,19H. The SMILES string of the molecule is O=[N+]([O-])c1cc(C(F)(F)F)cc2cc(-c3ccccc3)[nH]c12. The van der Waals surface area contributed by atoms with E-state index >= 15 is 0 Å². The lowest BCUT2D eigenvalue weighted by Crippen LogP contribution is -2.05. The molecule has 2 aromatic carbocycles. The molecule has 4 nitrogen and oxygen atoms in total. The number of fused-ring (bicyclic) bond motifs is 1. The van der Waals surface area contributed by atoms with Gasteiger partial charge in [-0.05, 0) is 17.7 Å². The summed E-state index contributed by atoms with van der Waals surface area (Å²) in [5.41, 5.74) is -0.284. The van der Waals surface area contributed by atoms with Gasteiger partial charge in [-0.3, -0.25) is 10.1 Å². The Hall–Kier alpha value is -2.83. The molecule has 0 amide bonds. The van der Waals surface area contributed by atoms with E-state index in [1.165, 1.54) is 6.07 Å². The highest BCUT2D eigenvalue weighted by Crippen LogP contribution is 2.37. The van der Waals surface area contributed by atoms with Gasteiger partial charge in [-0.1, -0.05) is 30.3 Å². The fraction of sp³-hybridized carbons (Fsp3) is 0.0667. The normalized spacial score (nSPS) is 11.8. The van der Waals surface area contributed by atoms with Crippen molar-refractivity contribution in [2.24, 2.45) is 0 Å². The van der Waals surface area contributed by atoms with Gasteiger partial charge in [-0.15, -0.1) is 0 Å². The van der Waals surface area contributed by atoms with Crippen molar-refractivity contribution in [1.82, 2.24) is 4.98 Å². The van der Waals surface area contributed by atoms with Crippen LogP contribution in [0.2, 0.25) is 0 Å². The number of hydrogen-bond acceptors (Lipinski definition) is 2. The molecule has 3 rings (SSSR count). The summed E-state index contributed by atoms with van der Waals surface area (Å²) in [6.07, 6.45) is -4.64. The van der Waals surface area contributed by atoms with Crippen molar-refractivity contribution in [3.8, 4) is 11.3 Å². The van der Waals surface area contributed by atoms with Gasteiger partial charge in [0.1, 0.15) is 5.52 Å². The molecule has 0 aliphatic rings. The zero-order valence-corrected chi connectivity index (χ0v) is 11.0. The van der Waals surface area contributed by atoms with Crippen LogP contribution >= 0.6 is 0 Å². The van der Waals surface area contributed by atoms with Gasteiger partial charge < -0.3 is 4.98 Å². The molecule has 1 heterocycles. The van der Waals surface area contributed by atoms with E-state index < -0.39 is 22.4 Å². The minimum Gasteiger partial charge on any atom is -0.349 e. The maximum atomic E-state index is 12.9. The Morgan fingerprint density at radius 1 is 1.05 bits per heavy atom. The van der Waals surface area contributed by atoms with Gasteiger partial charge in [0.05, 0.1) is 10.5 Å². The number of benzene rings is 2. The van der Waals surface area contributed by atoms with E-state index in [2.05, 4.69) is 4.98 Å². The number of non-ortho nitro benzene ring substituents is 1.